The van der Waals surface area contributed by atoms with Gasteiger partial charge in [0.25, 0.3) is 0 Å². The van der Waals surface area contributed by atoms with E-state index in [0.29, 0.717) is 37.3 Å². The number of benzene rings is 4. The van der Waals surface area contributed by atoms with Gasteiger partial charge in [0.05, 0.1) is 8.15 Å². The smallest absolute Gasteiger partial charge is 0.477 e. The van der Waals surface area contributed by atoms with Crippen LogP contribution < -0.4 is 26.0 Å². The number of aromatic nitrogens is 1. The van der Waals surface area contributed by atoms with Crippen LogP contribution in [-0.2, 0) is 4.44 Å². The van der Waals surface area contributed by atoms with Crippen LogP contribution in [0, 0.1) is 99.7 Å². The van der Waals surface area contributed by atoms with Gasteiger partial charge in [-0.2, -0.15) is 0 Å². The van der Waals surface area contributed by atoms with Crippen molar-refractivity contribution in [2.45, 2.75) is 41.5 Å². The lowest BCUT2D eigenvalue weighted by molar-refractivity contribution is -0.552. The van der Waals surface area contributed by atoms with E-state index in [9.17, 15) is 8.78 Å². The number of halogens is 10. The Morgan fingerprint density at radius 3 is 1.04 bits per heavy atom. The predicted molar refractivity (Wildman–Crippen MR) is 168 cm³/mol. The Labute approximate surface area is 276 Å². The fourth-order valence-corrected chi connectivity index (χ4v) is 9.14. The number of aryl methyl sites for hydroxylation is 6. The van der Waals surface area contributed by atoms with Crippen LogP contribution in [0.15, 0.2) is 54.9 Å². The Morgan fingerprint density at radius 2 is 0.735 bits per heavy atom. The maximum atomic E-state index is 16.2. The zero-order chi connectivity index (χ0) is 36.3. The average molecular weight is 709 g/mol. The van der Waals surface area contributed by atoms with E-state index in [0.717, 1.165) is 35.7 Å². The largest absolute Gasteiger partial charge is 0.495 e. The first-order chi connectivity index (χ1) is 22.9. The van der Waals surface area contributed by atoms with E-state index in [1.807, 2.05) is 0 Å². The third-order valence-electron chi connectivity index (χ3n) is 8.36. The molecule has 0 unspecified atom stereocenters. The Bertz CT molecular complexity index is 1910. The maximum absolute atomic E-state index is 16.2. The molecule has 0 fully saturated rings. The molecule has 0 bridgehead atoms. The molecule has 1 heterocycles. The summed E-state index contributed by atoms with van der Waals surface area (Å²) in [6.07, 6.45) is 1.82. The lowest BCUT2D eigenvalue weighted by atomic mass is 9.41. The van der Waals surface area contributed by atoms with Gasteiger partial charge in [-0.05, 0) is 86.9 Å². The van der Waals surface area contributed by atoms with Crippen LogP contribution in [0.5, 0.6) is 0 Å². The van der Waals surface area contributed by atoms with Gasteiger partial charge in [0, 0.05) is 10.6 Å². The summed E-state index contributed by atoms with van der Waals surface area (Å²) in [6.45, 7) is 5.28. The second-order valence-corrected chi connectivity index (χ2v) is 13.6. The molecule has 14 heteroatoms. The minimum absolute atomic E-state index is 0.311. The van der Waals surface area contributed by atoms with Crippen molar-refractivity contribution in [3.05, 3.63) is 146 Å². The molecule has 5 aromatic rings. The van der Waals surface area contributed by atoms with Crippen molar-refractivity contribution in [2.75, 3.05) is 0 Å². The molecular formula is C35H27BF10NOP. The number of hydrogen-bond donors (Lipinski definition) is 0. The van der Waals surface area contributed by atoms with Gasteiger partial charge in [-0.15, -0.1) is 0 Å². The van der Waals surface area contributed by atoms with E-state index in [2.05, 4.69) is 0 Å². The Balaban J connectivity index is 2.11. The predicted octanol–water partition coefficient (Wildman–Crippen LogP) is 7.38. The van der Waals surface area contributed by atoms with Crippen molar-refractivity contribution in [2.24, 2.45) is 0 Å². The minimum atomic E-state index is -4.85. The van der Waals surface area contributed by atoms with Crippen molar-refractivity contribution in [3.63, 3.8) is 0 Å². The second kappa shape index (κ2) is 13.2. The number of rotatable bonds is 7. The zero-order valence-electron chi connectivity index (χ0n) is 26.9. The van der Waals surface area contributed by atoms with Crippen molar-refractivity contribution < 1.29 is 52.8 Å². The first-order valence-electron chi connectivity index (χ1n) is 14.7. The van der Waals surface area contributed by atoms with Crippen LogP contribution in [-0.4, -0.2) is 6.48 Å². The van der Waals surface area contributed by atoms with Gasteiger partial charge in [-0.3, -0.25) is 0 Å². The van der Waals surface area contributed by atoms with Gasteiger partial charge in [-0.1, -0.05) is 41.5 Å². The van der Waals surface area contributed by atoms with Crippen LogP contribution in [0.25, 0.3) is 0 Å². The molecule has 0 aliphatic rings. The van der Waals surface area contributed by atoms with Gasteiger partial charge in [0.2, 0.25) is 0 Å². The molecular weight excluding hydrogens is 682 g/mol. The lowest BCUT2D eigenvalue weighted by Gasteiger charge is -2.41. The molecule has 256 valence electrons. The lowest BCUT2D eigenvalue weighted by Crippen LogP contribution is -2.82. The standard InChI is InChI=1S/C35H27BF10NOP/c1-16-12-18(3)34(19(4)13-16)49(35-20(5)14-17(2)15-21(35)6)48-36(47-10-8-7-9-11-47,22-24(37)28(41)32(45)29(42)25(22)38)23-26(39)30(43)33(46)31(44)27(23)40/h7-15H,1-6H3. The highest BCUT2D eigenvalue weighted by atomic mass is 31.1. The Morgan fingerprint density at radius 1 is 0.449 bits per heavy atom. The van der Waals surface area contributed by atoms with E-state index >= 15 is 35.1 Å². The van der Waals surface area contributed by atoms with Gasteiger partial charge >= 0.3 is 6.48 Å². The second-order valence-electron chi connectivity index (χ2n) is 11.9. The normalized spacial score (nSPS) is 11.9. The van der Waals surface area contributed by atoms with Crippen LogP contribution in [0.3, 0.4) is 0 Å². The van der Waals surface area contributed by atoms with Crippen molar-refractivity contribution in [3.8, 4) is 0 Å². The molecule has 0 amide bonds. The topological polar surface area (TPSA) is 13.1 Å². The zero-order valence-corrected chi connectivity index (χ0v) is 27.8. The summed E-state index contributed by atoms with van der Waals surface area (Å²) in [7, 11) is -2.66. The molecule has 1 aromatic heterocycles. The van der Waals surface area contributed by atoms with Crippen LogP contribution in [0.2, 0.25) is 0 Å². The molecule has 4 aromatic carbocycles. The molecule has 0 spiro atoms. The molecule has 0 N–H and O–H groups in total. The van der Waals surface area contributed by atoms with Crippen molar-refractivity contribution in [1.82, 2.24) is 0 Å². The average Bonchev–Trinajstić information content (AvgIpc) is 3.03. The highest BCUT2D eigenvalue weighted by Gasteiger charge is 2.56. The number of pyridine rings is 1. The van der Waals surface area contributed by atoms with E-state index in [4.69, 9.17) is 4.44 Å². The van der Waals surface area contributed by atoms with Gasteiger partial charge in [0.1, 0.15) is 35.7 Å². The number of hydrogen-bond acceptors (Lipinski definition) is 1. The molecule has 0 aliphatic carbocycles. The van der Waals surface area contributed by atoms with Crippen molar-refractivity contribution in [1.29, 1.82) is 0 Å². The van der Waals surface area contributed by atoms with Gasteiger partial charge < -0.3 is 8.92 Å². The molecule has 0 saturated heterocycles. The van der Waals surface area contributed by atoms with Crippen LogP contribution in [0.1, 0.15) is 33.4 Å². The molecule has 0 atom stereocenters. The highest BCUT2D eigenvalue weighted by molar-refractivity contribution is 7.70. The monoisotopic (exact) mass is 709 g/mol. The van der Waals surface area contributed by atoms with E-state index in [1.54, 1.807) is 65.8 Å². The third-order valence-corrected chi connectivity index (χ3v) is 11.1. The van der Waals surface area contributed by atoms with E-state index in [1.165, 1.54) is 6.07 Å². The molecule has 5 rings (SSSR count). The maximum Gasteiger partial charge on any atom is 0.477 e. The highest BCUT2D eigenvalue weighted by Crippen LogP contribution is 2.43. The Kier molecular flexibility index (Phi) is 9.75. The third kappa shape index (κ3) is 5.80. The molecule has 0 aliphatic heterocycles. The van der Waals surface area contributed by atoms with E-state index < -0.39 is 83.7 Å². The molecule has 0 saturated carbocycles. The van der Waals surface area contributed by atoms with Gasteiger partial charge in [0.15, 0.2) is 34.9 Å². The van der Waals surface area contributed by atoms with Crippen LogP contribution in [0.4, 0.5) is 43.9 Å². The summed E-state index contributed by atoms with van der Waals surface area (Å²) >= 11 is 0. The fraction of sp³-hybridized carbons (Fsp3) is 0.171. The summed E-state index contributed by atoms with van der Waals surface area (Å²) in [5.74, 6) is -25.7. The van der Waals surface area contributed by atoms with Crippen LogP contribution >= 0.6 is 8.15 Å². The van der Waals surface area contributed by atoms with Crippen molar-refractivity contribution >= 4 is 36.2 Å². The first-order valence-corrected chi connectivity index (χ1v) is 16.0. The summed E-state index contributed by atoms with van der Waals surface area (Å²) in [4.78, 5) is 0. The summed E-state index contributed by atoms with van der Waals surface area (Å²) in [5.41, 5.74) is -0.372. The summed E-state index contributed by atoms with van der Waals surface area (Å²) in [5, 5.41) is 0.623. The number of nitrogens with zero attached hydrogens (tertiary/aromatic N) is 1. The fourth-order valence-electron chi connectivity index (χ4n) is 6.54. The quantitative estimate of drug-likeness (QED) is 0.0566. The molecule has 0 radical (unpaired) electrons. The molecule has 49 heavy (non-hydrogen) atoms. The molecule has 2 nitrogen and oxygen atoms in total. The minimum Gasteiger partial charge on any atom is -0.495 e. The first kappa shape index (κ1) is 36.1. The Hall–Kier alpha value is -4.22. The summed E-state index contributed by atoms with van der Waals surface area (Å²) < 4.78 is 161. The van der Waals surface area contributed by atoms with E-state index in [-0.39, 0.29) is 0 Å². The van der Waals surface area contributed by atoms with Gasteiger partial charge in [-0.25, -0.2) is 43.9 Å². The summed E-state index contributed by atoms with van der Waals surface area (Å²) in [6, 6.07) is 10.5. The SMILES string of the molecule is Cc1cc(C)c(P(O[B-](c2c(F)c(F)c(F)c(F)c2F)(c2c(F)c(F)c(F)c(F)c2F)[n+]2ccccc2)c2c(C)cc(C)cc2C)c(C)c1.